The van der Waals surface area contributed by atoms with Crippen LogP contribution in [0, 0.1) is 6.92 Å². The van der Waals surface area contributed by atoms with Crippen molar-refractivity contribution in [1.82, 2.24) is 5.16 Å². The third-order valence-electron chi connectivity index (χ3n) is 4.05. The molecule has 0 aliphatic rings. The van der Waals surface area contributed by atoms with Crippen LogP contribution in [0.25, 0.3) is 0 Å². The van der Waals surface area contributed by atoms with Gasteiger partial charge in [0.25, 0.3) is 0 Å². The van der Waals surface area contributed by atoms with E-state index < -0.39 is 0 Å². The van der Waals surface area contributed by atoms with Crippen molar-refractivity contribution >= 4 is 0 Å². The molecule has 0 aliphatic carbocycles. The Balaban J connectivity index is 1.83. The zero-order chi connectivity index (χ0) is 16.6. The van der Waals surface area contributed by atoms with E-state index in [1.807, 2.05) is 13.0 Å². The van der Waals surface area contributed by atoms with Gasteiger partial charge < -0.3 is 4.52 Å². The predicted octanol–water partition coefficient (Wildman–Crippen LogP) is 6.95. The molecule has 2 nitrogen and oxygen atoms in total. The molecule has 0 aliphatic heterocycles. The first-order valence-electron chi connectivity index (χ1n) is 9.55. The highest BCUT2D eigenvalue weighted by atomic mass is 16.5. The van der Waals surface area contributed by atoms with Gasteiger partial charge in [-0.05, 0) is 45.4 Å². The molecule has 0 spiro atoms. The number of unbranched alkanes of at least 4 members (excludes halogenated alkanes) is 8. The van der Waals surface area contributed by atoms with Gasteiger partial charge in [-0.25, -0.2) is 0 Å². The molecule has 1 aromatic rings. The molecule has 0 N–H and O–H groups in total. The third kappa shape index (κ3) is 11.9. The fourth-order valence-electron chi connectivity index (χ4n) is 2.64. The Bertz CT molecular complexity index is 431. The highest BCUT2D eigenvalue weighted by molar-refractivity contribution is 5.02. The van der Waals surface area contributed by atoms with Crippen LogP contribution in [0.3, 0.4) is 0 Å². The predicted molar refractivity (Wildman–Crippen MR) is 99.7 cm³/mol. The highest BCUT2D eigenvalue weighted by Crippen LogP contribution is 2.11. The van der Waals surface area contributed by atoms with E-state index in [0.29, 0.717) is 0 Å². The second-order valence-electron chi connectivity index (χ2n) is 6.42. The molecule has 0 bridgehead atoms. The molecule has 0 saturated carbocycles. The van der Waals surface area contributed by atoms with Gasteiger partial charge in [-0.15, -0.1) is 0 Å². The van der Waals surface area contributed by atoms with E-state index in [-0.39, 0.29) is 0 Å². The van der Waals surface area contributed by atoms with E-state index in [1.54, 1.807) is 0 Å². The lowest BCUT2D eigenvalue weighted by Crippen LogP contribution is -1.83. The van der Waals surface area contributed by atoms with Crippen LogP contribution in [0.15, 0.2) is 34.9 Å². The average Bonchev–Trinajstić information content (AvgIpc) is 2.96. The minimum Gasteiger partial charge on any atom is -0.361 e. The van der Waals surface area contributed by atoms with Crippen LogP contribution in [-0.2, 0) is 6.42 Å². The molecule has 0 unspecified atom stereocenters. The second kappa shape index (κ2) is 14.3. The normalized spacial score (nSPS) is 11.9. The van der Waals surface area contributed by atoms with Gasteiger partial charge in [0.1, 0.15) is 5.76 Å². The summed E-state index contributed by atoms with van der Waals surface area (Å²) in [6, 6.07) is 2.04. The van der Waals surface area contributed by atoms with E-state index in [1.165, 1.54) is 64.2 Å². The van der Waals surface area contributed by atoms with Crippen LogP contribution in [0.5, 0.6) is 0 Å². The molecule has 0 aromatic carbocycles. The standard InChI is InChI=1S/C21H35NO/c1-3-4-5-6-7-8-9-10-11-12-13-14-15-16-17-18-21-19-20(2)22-23-21/h7-8,10-11,19H,3-6,9,12-18H2,1-2H3. The first-order valence-corrected chi connectivity index (χ1v) is 9.55. The van der Waals surface area contributed by atoms with Crippen LogP contribution in [0.2, 0.25) is 0 Å². The van der Waals surface area contributed by atoms with E-state index in [0.717, 1.165) is 24.3 Å². The molecule has 0 radical (unpaired) electrons. The third-order valence-corrected chi connectivity index (χ3v) is 4.05. The molecule has 1 heterocycles. The second-order valence-corrected chi connectivity index (χ2v) is 6.42. The van der Waals surface area contributed by atoms with Gasteiger partial charge in [0, 0.05) is 12.5 Å². The molecule has 2 heteroatoms. The van der Waals surface area contributed by atoms with Crippen LogP contribution in [0.1, 0.15) is 89.0 Å². The smallest absolute Gasteiger partial charge is 0.136 e. The molecule has 23 heavy (non-hydrogen) atoms. The van der Waals surface area contributed by atoms with E-state index in [4.69, 9.17) is 4.52 Å². The van der Waals surface area contributed by atoms with Crippen molar-refractivity contribution in [2.24, 2.45) is 0 Å². The van der Waals surface area contributed by atoms with Crippen LogP contribution >= 0.6 is 0 Å². The molecular weight excluding hydrogens is 282 g/mol. The van der Waals surface area contributed by atoms with Crippen molar-refractivity contribution in [2.45, 2.75) is 90.9 Å². The van der Waals surface area contributed by atoms with E-state index in [9.17, 15) is 0 Å². The van der Waals surface area contributed by atoms with Gasteiger partial charge in [0.15, 0.2) is 0 Å². The minimum absolute atomic E-state index is 0.989. The summed E-state index contributed by atoms with van der Waals surface area (Å²) in [5.41, 5.74) is 0.989. The summed E-state index contributed by atoms with van der Waals surface area (Å²) in [6.45, 7) is 4.23. The Morgan fingerprint density at radius 1 is 0.870 bits per heavy atom. The number of hydrogen-bond acceptors (Lipinski definition) is 2. The number of rotatable bonds is 14. The summed E-state index contributed by atoms with van der Waals surface area (Å²) in [5.74, 6) is 1.04. The maximum atomic E-state index is 5.22. The van der Waals surface area contributed by atoms with Crippen LogP contribution in [-0.4, -0.2) is 5.16 Å². The maximum Gasteiger partial charge on any atom is 0.136 e. The van der Waals surface area contributed by atoms with Gasteiger partial charge in [-0.1, -0.05) is 68.5 Å². The monoisotopic (exact) mass is 317 g/mol. The number of allylic oxidation sites excluding steroid dienone is 4. The van der Waals surface area contributed by atoms with Crippen molar-refractivity contribution in [1.29, 1.82) is 0 Å². The van der Waals surface area contributed by atoms with Crippen LogP contribution in [0.4, 0.5) is 0 Å². The molecule has 0 fully saturated rings. The Labute approximate surface area is 143 Å². The molecule has 0 saturated heterocycles. The Kier molecular flexibility index (Phi) is 12.3. The van der Waals surface area contributed by atoms with Crippen molar-refractivity contribution < 1.29 is 4.52 Å². The summed E-state index contributed by atoms with van der Waals surface area (Å²) in [4.78, 5) is 0. The molecule has 1 aromatic heterocycles. The summed E-state index contributed by atoms with van der Waals surface area (Å²) >= 11 is 0. The topological polar surface area (TPSA) is 26.0 Å². The number of nitrogens with zero attached hydrogens (tertiary/aromatic N) is 1. The summed E-state index contributed by atoms with van der Waals surface area (Å²) < 4.78 is 5.22. The number of aromatic nitrogens is 1. The highest BCUT2D eigenvalue weighted by Gasteiger charge is 1.99. The van der Waals surface area contributed by atoms with Gasteiger partial charge in [0.2, 0.25) is 0 Å². The Hall–Kier alpha value is -1.31. The van der Waals surface area contributed by atoms with Gasteiger partial charge in [0.05, 0.1) is 5.69 Å². The quantitative estimate of drug-likeness (QED) is 0.274. The van der Waals surface area contributed by atoms with Crippen LogP contribution < -0.4 is 0 Å². The van der Waals surface area contributed by atoms with Crippen molar-refractivity contribution in [2.75, 3.05) is 0 Å². The first kappa shape index (κ1) is 19.7. The summed E-state index contributed by atoms with van der Waals surface area (Å²) in [5, 5.41) is 3.92. The lowest BCUT2D eigenvalue weighted by atomic mass is 10.1. The Morgan fingerprint density at radius 3 is 2.17 bits per heavy atom. The number of hydrogen-bond donors (Lipinski definition) is 0. The first-order chi connectivity index (χ1) is 11.3. The summed E-state index contributed by atoms with van der Waals surface area (Å²) in [7, 11) is 0. The van der Waals surface area contributed by atoms with Gasteiger partial charge in [-0.2, -0.15) is 0 Å². The SMILES string of the molecule is CCCCCC=CCC=CCCCCCCCc1cc(C)no1. The van der Waals surface area contributed by atoms with Crippen molar-refractivity contribution in [3.63, 3.8) is 0 Å². The molecule has 1 rings (SSSR count). The minimum atomic E-state index is 0.989. The zero-order valence-electron chi connectivity index (χ0n) is 15.2. The van der Waals surface area contributed by atoms with Gasteiger partial charge >= 0.3 is 0 Å². The lowest BCUT2D eigenvalue weighted by Gasteiger charge is -1.98. The van der Waals surface area contributed by atoms with E-state index in [2.05, 4.69) is 36.4 Å². The molecule has 130 valence electrons. The largest absolute Gasteiger partial charge is 0.361 e. The molecule has 0 atom stereocenters. The molecular formula is C21H35NO. The summed E-state index contributed by atoms with van der Waals surface area (Å²) in [6.07, 6.45) is 24.4. The zero-order valence-corrected chi connectivity index (χ0v) is 15.2. The van der Waals surface area contributed by atoms with Gasteiger partial charge in [-0.3, -0.25) is 0 Å². The van der Waals surface area contributed by atoms with Crippen molar-refractivity contribution in [3.05, 3.63) is 41.8 Å². The molecule has 0 amide bonds. The van der Waals surface area contributed by atoms with E-state index >= 15 is 0 Å². The lowest BCUT2D eigenvalue weighted by molar-refractivity contribution is 0.375. The average molecular weight is 318 g/mol. The Morgan fingerprint density at radius 2 is 1.52 bits per heavy atom. The fraction of sp³-hybridized carbons (Fsp3) is 0.667. The fourth-order valence-corrected chi connectivity index (χ4v) is 2.64. The number of aryl methyl sites for hydroxylation is 2. The van der Waals surface area contributed by atoms with Crippen molar-refractivity contribution in [3.8, 4) is 0 Å². The maximum absolute atomic E-state index is 5.22.